The van der Waals surface area contributed by atoms with Gasteiger partial charge in [0.2, 0.25) is 0 Å². The Bertz CT molecular complexity index is 442. The van der Waals surface area contributed by atoms with E-state index in [-0.39, 0.29) is 0 Å². The van der Waals surface area contributed by atoms with Crippen LogP contribution in [0.3, 0.4) is 0 Å². The summed E-state index contributed by atoms with van der Waals surface area (Å²) in [5.74, 6) is 0. The lowest BCUT2D eigenvalue weighted by Crippen LogP contribution is -2.27. The van der Waals surface area contributed by atoms with Crippen LogP contribution >= 0.6 is 0 Å². The second-order valence-corrected chi connectivity index (χ2v) is 5.39. The van der Waals surface area contributed by atoms with Crippen molar-refractivity contribution in [3.05, 3.63) is 29.8 Å². The van der Waals surface area contributed by atoms with Crippen LogP contribution < -0.4 is 5.32 Å². The molecular weight excluding hydrogens is 222 g/mol. The normalized spacial score (nSPS) is 23.8. The third-order valence-corrected chi connectivity index (χ3v) is 3.89. The van der Waals surface area contributed by atoms with Crippen LogP contribution in [0.4, 0.5) is 5.69 Å². The SMILES string of the molecule is N#CCc1ccc(NC2CCN(C3CC3)C2)cc1. The number of benzene rings is 1. The van der Waals surface area contributed by atoms with E-state index in [0.29, 0.717) is 12.5 Å². The van der Waals surface area contributed by atoms with E-state index in [1.165, 1.54) is 38.0 Å². The Hall–Kier alpha value is -1.53. The molecule has 0 amide bonds. The number of rotatable bonds is 4. The van der Waals surface area contributed by atoms with Crippen molar-refractivity contribution in [2.75, 3.05) is 18.4 Å². The van der Waals surface area contributed by atoms with Crippen molar-refractivity contribution in [1.29, 1.82) is 5.26 Å². The molecule has 1 saturated heterocycles. The van der Waals surface area contributed by atoms with Crippen LogP contribution in [-0.4, -0.2) is 30.1 Å². The van der Waals surface area contributed by atoms with Gasteiger partial charge in [0.25, 0.3) is 0 Å². The Morgan fingerprint density at radius 3 is 2.67 bits per heavy atom. The maximum atomic E-state index is 8.63. The second kappa shape index (κ2) is 4.99. The maximum Gasteiger partial charge on any atom is 0.0669 e. The molecule has 0 radical (unpaired) electrons. The van der Waals surface area contributed by atoms with Gasteiger partial charge in [0.15, 0.2) is 0 Å². The van der Waals surface area contributed by atoms with E-state index in [4.69, 9.17) is 5.26 Å². The molecule has 1 aliphatic carbocycles. The van der Waals surface area contributed by atoms with Gasteiger partial charge in [-0.3, -0.25) is 4.90 Å². The molecule has 1 N–H and O–H groups in total. The summed E-state index contributed by atoms with van der Waals surface area (Å²) in [4.78, 5) is 2.61. The molecule has 1 heterocycles. The first kappa shape index (κ1) is 11.6. The van der Waals surface area contributed by atoms with E-state index in [2.05, 4.69) is 28.4 Å². The van der Waals surface area contributed by atoms with Gasteiger partial charge in [-0.05, 0) is 37.0 Å². The summed E-state index contributed by atoms with van der Waals surface area (Å²) in [6, 6.07) is 11.9. The zero-order chi connectivity index (χ0) is 12.4. The Balaban J connectivity index is 1.54. The highest BCUT2D eigenvalue weighted by molar-refractivity contribution is 5.46. The van der Waals surface area contributed by atoms with E-state index in [1.54, 1.807) is 0 Å². The molecule has 1 aromatic carbocycles. The molecule has 0 spiro atoms. The minimum atomic E-state index is 0.499. The van der Waals surface area contributed by atoms with Crippen LogP contribution in [0.5, 0.6) is 0 Å². The van der Waals surface area contributed by atoms with Crippen LogP contribution in [-0.2, 0) is 6.42 Å². The monoisotopic (exact) mass is 241 g/mol. The summed E-state index contributed by atoms with van der Waals surface area (Å²) in [6.45, 7) is 2.43. The first-order valence-corrected chi connectivity index (χ1v) is 6.81. The Morgan fingerprint density at radius 2 is 2.00 bits per heavy atom. The van der Waals surface area contributed by atoms with Gasteiger partial charge in [-0.1, -0.05) is 12.1 Å². The summed E-state index contributed by atoms with van der Waals surface area (Å²) in [5, 5.41) is 12.2. The number of anilines is 1. The molecule has 0 bridgehead atoms. The molecule has 3 heteroatoms. The molecule has 3 rings (SSSR count). The van der Waals surface area contributed by atoms with E-state index < -0.39 is 0 Å². The average Bonchev–Trinajstić information content (AvgIpc) is 3.13. The van der Waals surface area contributed by atoms with E-state index in [1.807, 2.05) is 12.1 Å². The van der Waals surface area contributed by atoms with Crippen molar-refractivity contribution in [2.24, 2.45) is 0 Å². The molecule has 0 aromatic heterocycles. The highest BCUT2D eigenvalue weighted by Gasteiger charge is 2.34. The van der Waals surface area contributed by atoms with Crippen LogP contribution in [0.1, 0.15) is 24.8 Å². The Morgan fingerprint density at radius 1 is 1.22 bits per heavy atom. The maximum absolute atomic E-state index is 8.63. The van der Waals surface area contributed by atoms with E-state index >= 15 is 0 Å². The Labute approximate surface area is 108 Å². The summed E-state index contributed by atoms with van der Waals surface area (Å²) in [5.41, 5.74) is 2.27. The predicted molar refractivity (Wildman–Crippen MR) is 72.4 cm³/mol. The highest BCUT2D eigenvalue weighted by atomic mass is 15.2. The minimum Gasteiger partial charge on any atom is -0.381 e. The molecule has 1 unspecified atom stereocenters. The summed E-state index contributed by atoms with van der Waals surface area (Å²) in [7, 11) is 0. The number of nitrogens with zero attached hydrogens (tertiary/aromatic N) is 2. The fourth-order valence-corrected chi connectivity index (χ4v) is 2.72. The van der Waals surface area contributed by atoms with E-state index in [9.17, 15) is 0 Å². The lowest BCUT2D eigenvalue weighted by molar-refractivity contribution is 0.326. The molecule has 2 aliphatic rings. The summed E-state index contributed by atoms with van der Waals surface area (Å²) >= 11 is 0. The van der Waals surface area contributed by atoms with Crippen molar-refractivity contribution in [3.63, 3.8) is 0 Å². The number of hydrogen-bond donors (Lipinski definition) is 1. The molecule has 18 heavy (non-hydrogen) atoms. The molecule has 1 atom stereocenters. The van der Waals surface area contributed by atoms with E-state index in [0.717, 1.165) is 11.6 Å². The largest absolute Gasteiger partial charge is 0.381 e. The van der Waals surface area contributed by atoms with Gasteiger partial charge in [0.1, 0.15) is 0 Å². The van der Waals surface area contributed by atoms with Crippen LogP contribution in [0.15, 0.2) is 24.3 Å². The third-order valence-electron chi connectivity index (χ3n) is 3.89. The van der Waals surface area contributed by atoms with Gasteiger partial charge in [0, 0.05) is 30.9 Å². The standard InChI is InChI=1S/C15H19N3/c16-9-7-12-1-3-13(4-2-12)17-14-8-10-18(11-14)15-5-6-15/h1-4,14-15,17H,5-8,10-11H2. The molecule has 1 saturated carbocycles. The zero-order valence-electron chi connectivity index (χ0n) is 10.6. The van der Waals surface area contributed by atoms with Gasteiger partial charge < -0.3 is 5.32 Å². The molecule has 1 aromatic rings. The smallest absolute Gasteiger partial charge is 0.0669 e. The predicted octanol–water partition coefficient (Wildman–Crippen LogP) is 2.40. The number of likely N-dealkylation sites (tertiary alicyclic amines) is 1. The lowest BCUT2D eigenvalue weighted by Gasteiger charge is -2.16. The fourth-order valence-electron chi connectivity index (χ4n) is 2.72. The number of hydrogen-bond acceptors (Lipinski definition) is 3. The topological polar surface area (TPSA) is 39.1 Å². The number of nitrogens with one attached hydrogen (secondary N) is 1. The van der Waals surface area contributed by atoms with Gasteiger partial charge in [-0.15, -0.1) is 0 Å². The Kier molecular flexibility index (Phi) is 3.21. The molecule has 1 aliphatic heterocycles. The van der Waals surface area contributed by atoms with Gasteiger partial charge in [-0.2, -0.15) is 5.26 Å². The molecular formula is C15H19N3. The molecule has 2 fully saturated rings. The van der Waals surface area contributed by atoms with Crippen molar-refractivity contribution in [1.82, 2.24) is 4.90 Å². The van der Waals surface area contributed by atoms with Crippen LogP contribution in [0.2, 0.25) is 0 Å². The van der Waals surface area contributed by atoms with Gasteiger partial charge >= 0.3 is 0 Å². The zero-order valence-corrected chi connectivity index (χ0v) is 10.6. The third kappa shape index (κ3) is 2.65. The molecule has 94 valence electrons. The second-order valence-electron chi connectivity index (χ2n) is 5.39. The molecule has 3 nitrogen and oxygen atoms in total. The summed E-state index contributed by atoms with van der Waals surface area (Å²) < 4.78 is 0. The van der Waals surface area contributed by atoms with Crippen molar-refractivity contribution in [3.8, 4) is 6.07 Å². The van der Waals surface area contributed by atoms with Gasteiger partial charge in [-0.25, -0.2) is 0 Å². The van der Waals surface area contributed by atoms with Gasteiger partial charge in [0.05, 0.1) is 12.5 Å². The fraction of sp³-hybridized carbons (Fsp3) is 0.533. The highest BCUT2D eigenvalue weighted by Crippen LogP contribution is 2.30. The lowest BCUT2D eigenvalue weighted by atomic mass is 10.1. The average molecular weight is 241 g/mol. The first-order valence-electron chi connectivity index (χ1n) is 6.81. The van der Waals surface area contributed by atoms with Crippen LogP contribution in [0, 0.1) is 11.3 Å². The van der Waals surface area contributed by atoms with Crippen molar-refractivity contribution in [2.45, 2.75) is 37.8 Å². The van der Waals surface area contributed by atoms with Crippen molar-refractivity contribution >= 4 is 5.69 Å². The van der Waals surface area contributed by atoms with Crippen LogP contribution in [0.25, 0.3) is 0 Å². The first-order chi connectivity index (χ1) is 8.85. The quantitative estimate of drug-likeness (QED) is 0.879. The van der Waals surface area contributed by atoms with Crippen molar-refractivity contribution < 1.29 is 0 Å². The number of nitriles is 1. The summed E-state index contributed by atoms with van der Waals surface area (Å²) in [6.07, 6.45) is 4.54. The minimum absolute atomic E-state index is 0.499.